The fourth-order valence-electron chi connectivity index (χ4n) is 5.26. The summed E-state index contributed by atoms with van der Waals surface area (Å²) in [5, 5.41) is 28.9. The van der Waals surface area contributed by atoms with Crippen LogP contribution in [-0.2, 0) is 28.6 Å². The number of aromatic nitrogens is 1. The van der Waals surface area contributed by atoms with Gasteiger partial charge in [0.15, 0.2) is 5.69 Å². The number of carbonyl (C=O) groups excluding carboxylic acids is 2. The lowest BCUT2D eigenvalue weighted by atomic mass is 9.91. The van der Waals surface area contributed by atoms with Gasteiger partial charge in [-0.15, -0.1) is 11.3 Å². The van der Waals surface area contributed by atoms with Crippen LogP contribution in [0.1, 0.15) is 71.9 Å². The van der Waals surface area contributed by atoms with Gasteiger partial charge in [0.2, 0.25) is 5.91 Å². The Bertz CT molecular complexity index is 1180. The van der Waals surface area contributed by atoms with Crippen LogP contribution in [0.4, 0.5) is 0 Å². The molecule has 1 aromatic rings. The fourth-order valence-corrected chi connectivity index (χ4v) is 8.28. The van der Waals surface area contributed by atoms with Gasteiger partial charge in [0.25, 0.3) is 0 Å². The number of β-lactam (4-membered cyclic amide) rings is 1. The number of carboxylic acid groups (broad SMARTS) is 2. The summed E-state index contributed by atoms with van der Waals surface area (Å²) in [5.41, 5.74) is -0.169. The van der Waals surface area contributed by atoms with Crippen LogP contribution < -0.4 is 0 Å². The molecule has 0 saturated carbocycles. The number of aliphatic carboxylic acids is 2. The lowest BCUT2D eigenvalue weighted by molar-refractivity contribution is -0.157. The number of aliphatic hydroxyl groups is 1. The highest BCUT2D eigenvalue weighted by Crippen LogP contribution is 2.53. The average molecular weight is 569 g/mol. The monoisotopic (exact) mass is 568 g/mol. The Morgan fingerprint density at radius 2 is 1.76 bits per heavy atom. The summed E-state index contributed by atoms with van der Waals surface area (Å²) in [7, 11) is 0. The van der Waals surface area contributed by atoms with Crippen LogP contribution in [0.3, 0.4) is 0 Å². The van der Waals surface area contributed by atoms with Gasteiger partial charge >= 0.3 is 17.9 Å². The van der Waals surface area contributed by atoms with Gasteiger partial charge in [0.1, 0.15) is 34.0 Å². The van der Waals surface area contributed by atoms with E-state index in [1.165, 1.54) is 23.6 Å². The molecule has 206 valence electrons. The van der Waals surface area contributed by atoms with E-state index in [0.717, 1.165) is 24.2 Å². The first kappa shape index (κ1) is 27.1. The maximum Gasteiger partial charge on any atom is 0.358 e. The molecule has 5 heterocycles. The molecule has 12 nitrogen and oxygen atoms in total. The summed E-state index contributed by atoms with van der Waals surface area (Å²) >= 11 is 2.25. The molecule has 7 atom stereocenters. The highest BCUT2D eigenvalue weighted by atomic mass is 32.2. The molecule has 0 aromatic carbocycles. The highest BCUT2D eigenvalue weighted by Gasteiger charge is 2.59. The van der Waals surface area contributed by atoms with Crippen molar-refractivity contribution in [3.8, 4) is 0 Å². The molecule has 0 radical (unpaired) electrons. The van der Waals surface area contributed by atoms with Crippen LogP contribution in [0.2, 0.25) is 0 Å². The molecule has 0 spiro atoms. The molecule has 1 aromatic heterocycles. The predicted octanol–water partition coefficient (Wildman–Crippen LogP) is 2.10. The Labute approximate surface area is 225 Å². The van der Waals surface area contributed by atoms with Crippen LogP contribution in [0.15, 0.2) is 10.6 Å². The van der Waals surface area contributed by atoms with Crippen LogP contribution >= 0.6 is 23.1 Å². The minimum atomic E-state index is -1.33. The summed E-state index contributed by atoms with van der Waals surface area (Å²) in [6.07, 6.45) is -0.120. The lowest BCUT2D eigenvalue weighted by Crippen LogP contribution is -2.61. The van der Waals surface area contributed by atoms with Crippen molar-refractivity contribution in [1.82, 2.24) is 9.88 Å². The molecule has 1 unspecified atom stereocenters. The molecule has 3 N–H and O–H groups in total. The van der Waals surface area contributed by atoms with Gasteiger partial charge < -0.3 is 29.5 Å². The molecular formula is C24H28N2O10S2. The standard InChI is InChI=1S/C24H28N2O10S2/c1-9(27)13(22(29)30)19-25-15(17(37-19)11-5-3-7-34-11)24(33)36-10(2)14-20(28)26-16(23(31)32)18(38-21(14)26)12-6-4-8-35-12/h9-14,21,27H,3-8H2,1-2H3,(H,29,30)(H,31,32)/t9-,10-,11-,12-,13?,14+,21-/m1/s1. The molecule has 14 heteroatoms. The van der Waals surface area contributed by atoms with E-state index in [0.29, 0.717) is 35.8 Å². The second kappa shape index (κ2) is 10.6. The SMILES string of the molecule is C[C@@H](O)C(C(=O)O)c1nc(C(=O)O[C@H](C)[C@H]2C(=O)N3C(C(=O)O)=C([C@H]4CCCO4)S[C@H]23)c([C@H]2CCCO2)s1. The number of carboxylic acids is 2. The first-order chi connectivity index (χ1) is 18.1. The zero-order valence-electron chi connectivity index (χ0n) is 20.7. The Hall–Kier alpha value is -2.52. The quantitative estimate of drug-likeness (QED) is 0.293. The Morgan fingerprint density at radius 3 is 2.32 bits per heavy atom. The maximum atomic E-state index is 13.3. The molecule has 0 bridgehead atoms. The van der Waals surface area contributed by atoms with Crippen molar-refractivity contribution < 1.29 is 48.7 Å². The van der Waals surface area contributed by atoms with E-state index in [1.807, 2.05) is 0 Å². The molecular weight excluding hydrogens is 540 g/mol. The third kappa shape index (κ3) is 4.62. The Morgan fingerprint density at radius 1 is 1.11 bits per heavy atom. The second-order valence-corrected chi connectivity index (χ2v) is 11.9. The molecule has 1 amide bonds. The van der Waals surface area contributed by atoms with E-state index in [9.17, 15) is 34.5 Å². The maximum absolute atomic E-state index is 13.3. The third-order valence-corrected chi connectivity index (χ3v) is 9.82. The zero-order chi connectivity index (χ0) is 27.3. The number of ether oxygens (including phenoxy) is 3. The normalized spacial score (nSPS) is 29.1. The molecule has 5 rings (SSSR count). The molecule has 3 saturated heterocycles. The van der Waals surface area contributed by atoms with Crippen molar-refractivity contribution in [3.63, 3.8) is 0 Å². The third-order valence-electron chi connectivity index (χ3n) is 7.13. The van der Waals surface area contributed by atoms with Crippen molar-refractivity contribution in [2.24, 2.45) is 5.92 Å². The largest absolute Gasteiger partial charge is 0.481 e. The lowest BCUT2D eigenvalue weighted by Gasteiger charge is -2.44. The molecule has 38 heavy (non-hydrogen) atoms. The Balaban J connectivity index is 1.35. The van der Waals surface area contributed by atoms with Crippen LogP contribution in [0.25, 0.3) is 0 Å². The van der Waals surface area contributed by atoms with Crippen molar-refractivity contribution in [2.45, 2.75) is 75.2 Å². The number of rotatable bonds is 9. The number of nitrogens with zero attached hydrogens (tertiary/aromatic N) is 2. The molecule has 4 aliphatic rings. The van der Waals surface area contributed by atoms with E-state index in [1.54, 1.807) is 6.92 Å². The van der Waals surface area contributed by atoms with Crippen molar-refractivity contribution in [3.05, 3.63) is 26.2 Å². The zero-order valence-corrected chi connectivity index (χ0v) is 22.3. The fraction of sp³-hybridized carbons (Fsp3) is 0.625. The van der Waals surface area contributed by atoms with Crippen molar-refractivity contribution in [1.29, 1.82) is 0 Å². The van der Waals surface area contributed by atoms with E-state index < -0.39 is 59.3 Å². The van der Waals surface area contributed by atoms with Crippen LogP contribution in [0, 0.1) is 5.92 Å². The second-order valence-electron chi connectivity index (χ2n) is 9.70. The Kier molecular flexibility index (Phi) is 7.52. The number of esters is 1. The summed E-state index contributed by atoms with van der Waals surface area (Å²) in [4.78, 5) is 56.5. The topological polar surface area (TPSA) is 173 Å². The van der Waals surface area contributed by atoms with Gasteiger partial charge in [0, 0.05) is 18.1 Å². The minimum absolute atomic E-state index is 0.0614. The van der Waals surface area contributed by atoms with E-state index in [-0.39, 0.29) is 22.5 Å². The summed E-state index contributed by atoms with van der Waals surface area (Å²) in [6, 6.07) is 0. The van der Waals surface area contributed by atoms with Gasteiger partial charge in [0.05, 0.1) is 23.2 Å². The minimum Gasteiger partial charge on any atom is -0.481 e. The van der Waals surface area contributed by atoms with E-state index in [4.69, 9.17) is 14.2 Å². The van der Waals surface area contributed by atoms with Gasteiger partial charge in [-0.25, -0.2) is 14.6 Å². The summed E-state index contributed by atoms with van der Waals surface area (Å²) in [6.45, 7) is 3.91. The molecule has 4 aliphatic heterocycles. The number of thiazole rings is 1. The van der Waals surface area contributed by atoms with Crippen molar-refractivity contribution >= 4 is 46.9 Å². The van der Waals surface area contributed by atoms with Crippen LogP contribution in [-0.4, -0.2) is 85.9 Å². The number of carbonyl (C=O) groups is 4. The number of fused-ring (bicyclic) bond motifs is 1. The number of hydrogen-bond acceptors (Lipinski definition) is 11. The number of hydrogen-bond donors (Lipinski definition) is 3. The van der Waals surface area contributed by atoms with Crippen molar-refractivity contribution in [2.75, 3.05) is 13.2 Å². The smallest absolute Gasteiger partial charge is 0.358 e. The number of thioether (sulfide) groups is 1. The number of aliphatic hydroxyl groups excluding tert-OH is 1. The van der Waals surface area contributed by atoms with Gasteiger partial charge in [-0.05, 0) is 39.5 Å². The van der Waals surface area contributed by atoms with E-state index in [2.05, 4.69) is 4.98 Å². The first-order valence-corrected chi connectivity index (χ1v) is 14.1. The molecule has 3 fully saturated rings. The average Bonchev–Trinajstić information content (AvgIpc) is 3.63. The molecule has 0 aliphatic carbocycles. The summed E-state index contributed by atoms with van der Waals surface area (Å²) < 4.78 is 17.1. The predicted molar refractivity (Wildman–Crippen MR) is 132 cm³/mol. The number of amides is 1. The van der Waals surface area contributed by atoms with Gasteiger partial charge in [-0.1, -0.05) is 11.8 Å². The van der Waals surface area contributed by atoms with Gasteiger partial charge in [-0.3, -0.25) is 14.5 Å². The van der Waals surface area contributed by atoms with Gasteiger partial charge in [-0.2, -0.15) is 0 Å². The first-order valence-electron chi connectivity index (χ1n) is 12.4. The van der Waals surface area contributed by atoms with Crippen LogP contribution in [0.5, 0.6) is 0 Å². The summed E-state index contributed by atoms with van der Waals surface area (Å²) in [5.74, 6) is -5.86. The highest BCUT2D eigenvalue weighted by molar-refractivity contribution is 8.04. The van der Waals surface area contributed by atoms with E-state index >= 15 is 0 Å².